The molecule has 0 radical (unpaired) electrons. The first-order valence-corrected chi connectivity index (χ1v) is 16.1. The molecule has 53 heavy (non-hydrogen) atoms. The van der Waals surface area contributed by atoms with Gasteiger partial charge in [-0.3, -0.25) is 52.7 Å². The summed E-state index contributed by atoms with van der Waals surface area (Å²) >= 11 is 0. The maximum Gasteiger partial charge on any atom is 0.322 e. The maximum absolute atomic E-state index is 12.8. The third-order valence-corrected chi connectivity index (χ3v) is 7.11. The molecule has 2 atom stereocenters. The first-order valence-electron chi connectivity index (χ1n) is 16.1. The predicted molar refractivity (Wildman–Crippen MR) is 184 cm³/mol. The molecule has 0 heterocycles. The van der Waals surface area contributed by atoms with E-state index in [1.165, 1.54) is 54.0 Å². The number of aliphatic carboxylic acids is 1. The first-order chi connectivity index (χ1) is 24.6. The molecule has 0 aromatic heterocycles. The van der Waals surface area contributed by atoms with E-state index in [4.69, 9.17) is 5.11 Å². The second-order valence-electron chi connectivity index (χ2n) is 12.0. The Balaban J connectivity index is 4.66. The van der Waals surface area contributed by atoms with Crippen molar-refractivity contribution in [3.05, 3.63) is 0 Å². The van der Waals surface area contributed by atoms with Crippen LogP contribution in [0, 0.1) is 0 Å². The van der Waals surface area contributed by atoms with Crippen LogP contribution in [0.3, 0.4) is 0 Å². The lowest BCUT2D eigenvalue weighted by Crippen LogP contribution is -2.54. The third kappa shape index (κ3) is 19.4. The summed E-state index contributed by atoms with van der Waals surface area (Å²) in [4.78, 5) is 138. The topological polar surface area (TPSA) is 296 Å². The van der Waals surface area contributed by atoms with Crippen LogP contribution in [0.2, 0.25) is 0 Å². The molecule has 0 aliphatic rings. The van der Waals surface area contributed by atoms with E-state index in [1.807, 2.05) is 0 Å². The van der Waals surface area contributed by atoms with E-state index in [0.29, 0.717) is 0 Å². The second kappa shape index (κ2) is 23.6. The minimum Gasteiger partial charge on any atom is -0.480 e. The predicted octanol–water partition coefficient (Wildman–Crippen LogP) is -7.06. The molecule has 2 unspecified atom stereocenters. The highest BCUT2D eigenvalue weighted by Gasteiger charge is 2.26. The van der Waals surface area contributed by atoms with Crippen LogP contribution in [0.5, 0.6) is 0 Å². The highest BCUT2D eigenvalue weighted by atomic mass is 16.4. The third-order valence-electron chi connectivity index (χ3n) is 7.11. The standard InChI is InChI=1S/C30H51N11O12/c1-18(35-23(45)16-38(5)25(47)10-32-20(42)13-37(4)24(46)9-31-3)29(52)36-19(2)30(53)41(8)15-22(44)33-11-26(48)40(7)17-27(49)39(6)14-21(43)34-12-28(50)51/h18-19,31H,9-17H2,1-8H3,(H,32,42)(H,33,44)(H,34,43)(H,35,45)(H,36,52)(H,50,51). The molecule has 0 aromatic carbocycles. The van der Waals surface area contributed by atoms with E-state index >= 15 is 0 Å². The summed E-state index contributed by atoms with van der Waals surface area (Å²) in [5.74, 6) is -7.66. The minimum atomic E-state index is -1.26. The van der Waals surface area contributed by atoms with E-state index in [2.05, 4.69) is 31.9 Å². The number of carbonyl (C=O) groups excluding carboxylic acids is 10. The van der Waals surface area contributed by atoms with Crippen molar-refractivity contribution >= 4 is 65.0 Å². The molecule has 23 heteroatoms. The van der Waals surface area contributed by atoms with Crippen LogP contribution in [-0.4, -0.2) is 208 Å². The van der Waals surface area contributed by atoms with Crippen LogP contribution >= 0.6 is 0 Å². The van der Waals surface area contributed by atoms with Crippen molar-refractivity contribution in [3.63, 3.8) is 0 Å². The molecule has 0 bridgehead atoms. The number of likely N-dealkylation sites (N-methyl/N-ethyl adjacent to an activating group) is 6. The Kier molecular flexibility index (Phi) is 21.0. The monoisotopic (exact) mass is 757 g/mol. The number of hydrogen-bond acceptors (Lipinski definition) is 12. The molecule has 0 aliphatic carbocycles. The summed E-state index contributed by atoms with van der Waals surface area (Å²) in [7, 11) is 8.16. The molecule has 0 aliphatic heterocycles. The van der Waals surface area contributed by atoms with Gasteiger partial charge in [0.1, 0.15) is 18.6 Å². The number of nitrogens with zero attached hydrogens (tertiary/aromatic N) is 5. The van der Waals surface area contributed by atoms with Crippen LogP contribution < -0.4 is 31.9 Å². The van der Waals surface area contributed by atoms with Gasteiger partial charge in [-0.15, -0.1) is 0 Å². The normalized spacial score (nSPS) is 11.4. The lowest BCUT2D eigenvalue weighted by atomic mass is 10.2. The number of carbonyl (C=O) groups is 11. The molecule has 7 N–H and O–H groups in total. The average molecular weight is 758 g/mol. The van der Waals surface area contributed by atoms with E-state index in [9.17, 15) is 52.7 Å². The zero-order valence-corrected chi connectivity index (χ0v) is 31.2. The lowest BCUT2D eigenvalue weighted by molar-refractivity contribution is -0.141. The molecule has 0 rings (SSSR count). The summed E-state index contributed by atoms with van der Waals surface area (Å²) in [5, 5.41) is 22.8. The fourth-order valence-electron chi connectivity index (χ4n) is 3.95. The van der Waals surface area contributed by atoms with Gasteiger partial charge in [0.15, 0.2) is 0 Å². The molecule has 0 aromatic rings. The quantitative estimate of drug-likeness (QED) is 0.0541. The SMILES string of the molecule is CNCC(=O)N(C)CC(=O)NCC(=O)N(C)CC(=O)NC(C)C(=O)NC(C)C(=O)N(C)CC(=O)NCC(=O)N(C)CC(=O)N(C)CC(=O)NCC(=O)O. The van der Waals surface area contributed by atoms with Gasteiger partial charge >= 0.3 is 5.97 Å². The summed E-state index contributed by atoms with van der Waals surface area (Å²) < 4.78 is 0. The van der Waals surface area contributed by atoms with E-state index < -0.39 is 117 Å². The van der Waals surface area contributed by atoms with Gasteiger partial charge in [-0.05, 0) is 20.9 Å². The van der Waals surface area contributed by atoms with Gasteiger partial charge in [0.2, 0.25) is 59.1 Å². The van der Waals surface area contributed by atoms with Crippen molar-refractivity contribution < 1.29 is 57.8 Å². The molecule has 0 saturated heterocycles. The van der Waals surface area contributed by atoms with Gasteiger partial charge in [-0.25, -0.2) is 0 Å². The fraction of sp³-hybridized carbons (Fsp3) is 0.633. The van der Waals surface area contributed by atoms with E-state index in [-0.39, 0.29) is 19.0 Å². The Morgan fingerprint density at radius 2 is 0.849 bits per heavy atom. The number of amides is 10. The van der Waals surface area contributed by atoms with Crippen molar-refractivity contribution in [3.8, 4) is 0 Å². The number of carboxylic acids is 1. The Morgan fingerprint density at radius 3 is 1.30 bits per heavy atom. The summed E-state index contributed by atoms with van der Waals surface area (Å²) in [6.45, 7) is -0.974. The van der Waals surface area contributed by atoms with Crippen molar-refractivity contribution in [1.82, 2.24) is 56.4 Å². The Morgan fingerprint density at radius 1 is 0.472 bits per heavy atom. The lowest BCUT2D eigenvalue weighted by Gasteiger charge is -2.24. The smallest absolute Gasteiger partial charge is 0.322 e. The molecule has 0 spiro atoms. The van der Waals surface area contributed by atoms with Crippen molar-refractivity contribution in [2.24, 2.45) is 0 Å². The highest BCUT2D eigenvalue weighted by molar-refractivity contribution is 5.95. The molecule has 10 amide bonds. The van der Waals surface area contributed by atoms with Gasteiger partial charge in [-0.2, -0.15) is 0 Å². The van der Waals surface area contributed by atoms with Crippen molar-refractivity contribution in [2.45, 2.75) is 25.9 Å². The minimum absolute atomic E-state index is 0.0340. The van der Waals surface area contributed by atoms with Crippen LogP contribution in [0.4, 0.5) is 0 Å². The van der Waals surface area contributed by atoms with Crippen molar-refractivity contribution in [1.29, 1.82) is 0 Å². The van der Waals surface area contributed by atoms with Crippen LogP contribution in [0.25, 0.3) is 0 Å². The van der Waals surface area contributed by atoms with Crippen LogP contribution in [-0.2, 0) is 52.7 Å². The largest absolute Gasteiger partial charge is 0.480 e. The number of hydrogen-bond donors (Lipinski definition) is 7. The molecule has 298 valence electrons. The van der Waals surface area contributed by atoms with Gasteiger partial charge in [0.25, 0.3) is 0 Å². The molecule has 23 nitrogen and oxygen atoms in total. The van der Waals surface area contributed by atoms with E-state index in [1.54, 1.807) is 7.05 Å². The average Bonchev–Trinajstić information content (AvgIpc) is 3.07. The summed E-state index contributed by atoms with van der Waals surface area (Å²) in [6.07, 6.45) is 0. The maximum atomic E-state index is 12.8. The number of carboxylic acid groups (broad SMARTS) is 1. The zero-order valence-electron chi connectivity index (χ0n) is 31.2. The molecule has 0 fully saturated rings. The first kappa shape index (κ1) is 47.1. The fourth-order valence-corrected chi connectivity index (χ4v) is 3.95. The Hall–Kier alpha value is -5.87. The van der Waals surface area contributed by atoms with Gasteiger partial charge in [0, 0.05) is 35.2 Å². The summed E-state index contributed by atoms with van der Waals surface area (Å²) in [6, 6.07) is -2.27. The molecular formula is C30H51N11O12. The van der Waals surface area contributed by atoms with Crippen LogP contribution in [0.15, 0.2) is 0 Å². The summed E-state index contributed by atoms with van der Waals surface area (Å²) in [5.41, 5.74) is 0. The van der Waals surface area contributed by atoms with Crippen molar-refractivity contribution in [2.75, 3.05) is 101 Å². The second-order valence-corrected chi connectivity index (χ2v) is 12.0. The van der Waals surface area contributed by atoms with Gasteiger partial charge in [0.05, 0.1) is 52.4 Å². The zero-order chi connectivity index (χ0) is 41.0. The highest BCUT2D eigenvalue weighted by Crippen LogP contribution is 1.96. The Labute approximate surface area is 306 Å². The Bertz CT molecular complexity index is 1390. The number of rotatable bonds is 22. The molecule has 0 saturated carbocycles. The number of nitrogens with one attached hydrogen (secondary N) is 6. The van der Waals surface area contributed by atoms with Gasteiger partial charge < -0.3 is 61.5 Å². The molecular weight excluding hydrogens is 706 g/mol. The van der Waals surface area contributed by atoms with Crippen LogP contribution in [0.1, 0.15) is 13.8 Å². The van der Waals surface area contributed by atoms with Gasteiger partial charge in [-0.1, -0.05) is 0 Å². The van der Waals surface area contributed by atoms with E-state index in [0.717, 1.165) is 19.6 Å².